The molecule has 0 unspecified atom stereocenters. The van der Waals surface area contributed by atoms with Crippen LogP contribution in [0.3, 0.4) is 0 Å². The molecule has 5 aromatic rings. The average Bonchev–Trinajstić information content (AvgIpc) is 3.30. The largest absolute Gasteiger partial charge is 0.294 e. The molecule has 38 heavy (non-hydrogen) atoms. The molecule has 0 atom stereocenters. The van der Waals surface area contributed by atoms with Crippen molar-refractivity contribution in [2.24, 2.45) is 14.1 Å². The monoisotopic (exact) mass is 501 g/mol. The van der Waals surface area contributed by atoms with E-state index in [4.69, 9.17) is 0 Å². The minimum absolute atomic E-state index is 0.427. The van der Waals surface area contributed by atoms with Crippen LogP contribution in [0.15, 0.2) is 97.5 Å². The molecule has 0 aliphatic rings. The Kier molecular flexibility index (Phi) is 7.03. The molecular formula is C35H39N3+2. The normalized spacial score (nSPS) is 11.5. The van der Waals surface area contributed by atoms with Gasteiger partial charge in [0.15, 0.2) is 6.20 Å². The van der Waals surface area contributed by atoms with Crippen molar-refractivity contribution in [1.82, 2.24) is 4.57 Å². The minimum atomic E-state index is 0.427. The van der Waals surface area contributed by atoms with Crippen molar-refractivity contribution in [3.8, 4) is 39.5 Å². The fourth-order valence-electron chi connectivity index (χ4n) is 5.57. The zero-order valence-electron chi connectivity index (χ0n) is 23.7. The summed E-state index contributed by atoms with van der Waals surface area (Å²) in [5.74, 6) is 2.05. The lowest BCUT2D eigenvalue weighted by Gasteiger charge is -2.18. The number of imidazole rings is 1. The topological polar surface area (TPSA) is 12.7 Å². The van der Waals surface area contributed by atoms with E-state index >= 15 is 0 Å². The second kappa shape index (κ2) is 10.4. The van der Waals surface area contributed by atoms with Crippen LogP contribution in [0.2, 0.25) is 0 Å². The first-order chi connectivity index (χ1) is 18.3. The summed E-state index contributed by atoms with van der Waals surface area (Å²) in [4.78, 5) is 0. The molecular weight excluding hydrogens is 462 g/mol. The van der Waals surface area contributed by atoms with E-state index in [-0.39, 0.29) is 0 Å². The Morgan fingerprint density at radius 3 is 1.92 bits per heavy atom. The van der Waals surface area contributed by atoms with Gasteiger partial charge in [-0.3, -0.25) is 0 Å². The van der Waals surface area contributed by atoms with Crippen LogP contribution in [0, 0.1) is 6.92 Å². The molecule has 0 amide bonds. The van der Waals surface area contributed by atoms with Crippen LogP contribution in [-0.2, 0) is 14.1 Å². The predicted molar refractivity (Wildman–Crippen MR) is 157 cm³/mol. The first-order valence-electron chi connectivity index (χ1n) is 13.6. The van der Waals surface area contributed by atoms with Crippen LogP contribution in [0.4, 0.5) is 0 Å². The van der Waals surface area contributed by atoms with Gasteiger partial charge in [0.05, 0.1) is 12.6 Å². The summed E-state index contributed by atoms with van der Waals surface area (Å²) in [6, 6.07) is 28.6. The lowest BCUT2D eigenvalue weighted by atomic mass is 9.92. The SMILES string of the molecule is Cc1c(-c2cc(-c3ccccc3)cc[n+]2C)cccc1-c1n(-c2c(C(C)C)cccc2C(C)C)cc[n+]1C. The summed E-state index contributed by atoms with van der Waals surface area (Å²) in [6.45, 7) is 11.4. The molecule has 2 heterocycles. The molecule has 0 radical (unpaired) electrons. The average molecular weight is 502 g/mol. The van der Waals surface area contributed by atoms with Crippen molar-refractivity contribution in [3.05, 3.63) is 114 Å². The number of rotatable bonds is 6. The smallest absolute Gasteiger partial charge is 0.232 e. The summed E-state index contributed by atoms with van der Waals surface area (Å²) >= 11 is 0. The van der Waals surface area contributed by atoms with E-state index in [1.165, 1.54) is 56.1 Å². The number of aryl methyl sites for hydroxylation is 2. The molecule has 2 aromatic heterocycles. The summed E-state index contributed by atoms with van der Waals surface area (Å²) in [6.07, 6.45) is 6.57. The number of pyridine rings is 1. The molecule has 0 aliphatic heterocycles. The molecule has 0 saturated heterocycles. The van der Waals surface area contributed by atoms with Crippen molar-refractivity contribution >= 4 is 0 Å². The fraction of sp³-hybridized carbons (Fsp3) is 0.257. The van der Waals surface area contributed by atoms with Gasteiger partial charge in [0, 0.05) is 28.8 Å². The predicted octanol–water partition coefficient (Wildman–Crippen LogP) is 7.68. The maximum absolute atomic E-state index is 2.41. The van der Waals surface area contributed by atoms with E-state index in [9.17, 15) is 0 Å². The summed E-state index contributed by atoms with van der Waals surface area (Å²) in [5, 5.41) is 0. The Bertz CT molecular complexity index is 1560. The Morgan fingerprint density at radius 2 is 1.26 bits per heavy atom. The number of hydrogen-bond donors (Lipinski definition) is 0. The Labute approximate surface area is 227 Å². The van der Waals surface area contributed by atoms with Gasteiger partial charge in [-0.2, -0.15) is 4.57 Å². The van der Waals surface area contributed by atoms with Crippen molar-refractivity contribution in [2.75, 3.05) is 0 Å². The van der Waals surface area contributed by atoms with Gasteiger partial charge in [-0.25, -0.2) is 9.13 Å². The van der Waals surface area contributed by atoms with Gasteiger partial charge < -0.3 is 0 Å². The van der Waals surface area contributed by atoms with Crippen LogP contribution in [-0.4, -0.2) is 4.57 Å². The van der Waals surface area contributed by atoms with Crippen LogP contribution in [0.1, 0.15) is 56.2 Å². The number of hydrogen-bond acceptors (Lipinski definition) is 0. The fourth-order valence-corrected chi connectivity index (χ4v) is 5.57. The maximum atomic E-state index is 2.41. The number of para-hydroxylation sites is 1. The highest BCUT2D eigenvalue weighted by Gasteiger charge is 2.28. The van der Waals surface area contributed by atoms with Gasteiger partial charge in [-0.1, -0.05) is 82.3 Å². The first-order valence-corrected chi connectivity index (χ1v) is 13.6. The van der Waals surface area contributed by atoms with E-state index in [0.29, 0.717) is 11.8 Å². The Hall–Kier alpha value is -3.98. The molecule has 0 bridgehead atoms. The van der Waals surface area contributed by atoms with Crippen LogP contribution >= 0.6 is 0 Å². The highest BCUT2D eigenvalue weighted by atomic mass is 15.1. The molecule has 0 saturated carbocycles. The highest BCUT2D eigenvalue weighted by molar-refractivity contribution is 5.76. The van der Waals surface area contributed by atoms with Crippen molar-refractivity contribution in [1.29, 1.82) is 0 Å². The minimum Gasteiger partial charge on any atom is -0.232 e. The quantitative estimate of drug-likeness (QED) is 0.212. The van der Waals surface area contributed by atoms with Crippen molar-refractivity contribution in [3.63, 3.8) is 0 Å². The van der Waals surface area contributed by atoms with E-state index in [1.807, 2.05) is 0 Å². The lowest BCUT2D eigenvalue weighted by molar-refractivity contribution is -0.660. The number of nitrogens with zero attached hydrogens (tertiary/aromatic N) is 3. The zero-order valence-corrected chi connectivity index (χ0v) is 23.7. The third kappa shape index (κ3) is 4.58. The molecule has 3 heteroatoms. The number of aromatic nitrogens is 3. The highest BCUT2D eigenvalue weighted by Crippen LogP contribution is 2.36. The van der Waals surface area contributed by atoms with Crippen molar-refractivity contribution in [2.45, 2.75) is 46.5 Å². The molecule has 5 rings (SSSR count). The van der Waals surface area contributed by atoms with E-state index in [0.717, 1.165) is 0 Å². The standard InChI is InChI=1S/C35H39N3/c1-24(2)29-15-11-16-30(25(3)4)34(29)38-22-21-37(7)35(38)32-18-12-17-31(26(32)5)33-23-28(19-20-36(33)6)27-13-9-8-10-14-27/h8-25H,1-7H3/q+2. The van der Waals surface area contributed by atoms with Crippen LogP contribution < -0.4 is 9.13 Å². The third-order valence-corrected chi connectivity index (χ3v) is 7.69. The molecule has 0 N–H and O–H groups in total. The van der Waals surface area contributed by atoms with Gasteiger partial charge in [-0.05, 0) is 47.6 Å². The van der Waals surface area contributed by atoms with Crippen LogP contribution in [0.5, 0.6) is 0 Å². The van der Waals surface area contributed by atoms with Gasteiger partial charge in [0.2, 0.25) is 5.69 Å². The first kappa shape index (κ1) is 25.7. The van der Waals surface area contributed by atoms with E-state index in [2.05, 4.69) is 160 Å². The summed E-state index contributed by atoms with van der Waals surface area (Å²) < 4.78 is 6.90. The molecule has 3 aromatic carbocycles. The Balaban J connectivity index is 1.72. The molecule has 0 aliphatic carbocycles. The van der Waals surface area contributed by atoms with Crippen molar-refractivity contribution < 1.29 is 9.13 Å². The molecule has 192 valence electrons. The maximum Gasteiger partial charge on any atom is 0.294 e. The number of benzene rings is 3. The van der Waals surface area contributed by atoms with Crippen LogP contribution in [0.25, 0.3) is 39.5 Å². The second-order valence-corrected chi connectivity index (χ2v) is 11.0. The van der Waals surface area contributed by atoms with Gasteiger partial charge in [0.1, 0.15) is 25.1 Å². The van der Waals surface area contributed by atoms with Gasteiger partial charge >= 0.3 is 0 Å². The molecule has 0 spiro atoms. The third-order valence-electron chi connectivity index (χ3n) is 7.69. The van der Waals surface area contributed by atoms with E-state index in [1.54, 1.807) is 0 Å². The van der Waals surface area contributed by atoms with Gasteiger partial charge in [0.25, 0.3) is 5.82 Å². The zero-order chi connectivity index (χ0) is 27.0. The summed E-state index contributed by atoms with van der Waals surface area (Å²) in [7, 11) is 4.29. The van der Waals surface area contributed by atoms with E-state index < -0.39 is 0 Å². The summed E-state index contributed by atoms with van der Waals surface area (Å²) in [5.41, 5.74) is 11.5. The molecule has 0 fully saturated rings. The molecule has 3 nitrogen and oxygen atoms in total. The van der Waals surface area contributed by atoms with Gasteiger partial charge in [-0.15, -0.1) is 0 Å². The Morgan fingerprint density at radius 1 is 0.632 bits per heavy atom. The second-order valence-electron chi connectivity index (χ2n) is 11.0. The lowest BCUT2D eigenvalue weighted by Crippen LogP contribution is -2.31.